The maximum Gasteiger partial charge on any atom is 0.226 e. The zero-order chi connectivity index (χ0) is 15.8. The molecule has 2 fully saturated rings. The van der Waals surface area contributed by atoms with Gasteiger partial charge in [0.1, 0.15) is 13.2 Å². The summed E-state index contributed by atoms with van der Waals surface area (Å²) in [6, 6.07) is 6.11. The Balaban J connectivity index is 0.00000169. The van der Waals surface area contributed by atoms with E-state index < -0.39 is 0 Å². The first-order chi connectivity index (χ1) is 11.3. The second kappa shape index (κ2) is 7.19. The lowest BCUT2D eigenvalue weighted by molar-refractivity contribution is -0.131. The van der Waals surface area contributed by atoms with Crippen LogP contribution in [-0.4, -0.2) is 50.7 Å². The second-order valence-electron chi connectivity index (χ2n) is 6.85. The van der Waals surface area contributed by atoms with Crippen molar-refractivity contribution >= 4 is 18.3 Å². The molecule has 3 unspecified atom stereocenters. The zero-order valence-electron chi connectivity index (χ0n) is 14.0. The Hall–Kier alpha value is -1.46. The molecule has 1 saturated carbocycles. The molecule has 4 rings (SSSR count). The number of carbonyl (C=O) groups is 1. The van der Waals surface area contributed by atoms with E-state index in [1.807, 2.05) is 13.1 Å². The van der Waals surface area contributed by atoms with Gasteiger partial charge in [-0.15, -0.1) is 12.4 Å². The highest BCUT2D eigenvalue weighted by molar-refractivity contribution is 5.85. The van der Waals surface area contributed by atoms with Crippen molar-refractivity contribution in [2.75, 3.05) is 39.9 Å². The van der Waals surface area contributed by atoms with Crippen molar-refractivity contribution in [1.82, 2.24) is 10.2 Å². The quantitative estimate of drug-likeness (QED) is 0.901. The van der Waals surface area contributed by atoms with Crippen molar-refractivity contribution in [1.29, 1.82) is 0 Å². The molecule has 0 aromatic heterocycles. The van der Waals surface area contributed by atoms with Gasteiger partial charge in [-0.2, -0.15) is 0 Å². The molecule has 0 spiro atoms. The van der Waals surface area contributed by atoms with Crippen LogP contribution >= 0.6 is 12.4 Å². The lowest BCUT2D eigenvalue weighted by Gasteiger charge is -2.19. The van der Waals surface area contributed by atoms with Crippen LogP contribution in [0.2, 0.25) is 0 Å². The lowest BCUT2D eigenvalue weighted by atomic mass is 10.1. The third-order valence-electron chi connectivity index (χ3n) is 5.19. The van der Waals surface area contributed by atoms with E-state index in [-0.39, 0.29) is 18.3 Å². The van der Waals surface area contributed by atoms with E-state index in [1.165, 1.54) is 5.56 Å². The normalized spacial score (nSPS) is 27.5. The first kappa shape index (κ1) is 17.4. The number of halogens is 1. The third-order valence-corrected chi connectivity index (χ3v) is 5.19. The number of hydrogen-bond donors (Lipinski definition) is 1. The molecule has 1 N–H and O–H groups in total. The summed E-state index contributed by atoms with van der Waals surface area (Å²) in [5.41, 5.74) is 1.21. The van der Waals surface area contributed by atoms with E-state index in [1.54, 1.807) is 0 Å². The molecule has 2 heterocycles. The van der Waals surface area contributed by atoms with E-state index in [0.717, 1.165) is 44.0 Å². The molecule has 1 aromatic carbocycles. The summed E-state index contributed by atoms with van der Waals surface area (Å²) >= 11 is 0. The Morgan fingerprint density at radius 3 is 2.88 bits per heavy atom. The molecular weight excluding hydrogens is 328 g/mol. The Labute approximate surface area is 149 Å². The van der Waals surface area contributed by atoms with Crippen LogP contribution in [0, 0.1) is 11.8 Å². The average Bonchev–Trinajstić information content (AvgIpc) is 3.25. The largest absolute Gasteiger partial charge is 0.486 e. The minimum absolute atomic E-state index is 0. The van der Waals surface area contributed by atoms with Gasteiger partial charge in [0.15, 0.2) is 11.5 Å². The molecule has 1 aromatic rings. The number of likely N-dealkylation sites (tertiary alicyclic amines) is 1. The Kier molecular flexibility index (Phi) is 5.21. The van der Waals surface area contributed by atoms with Gasteiger partial charge < -0.3 is 19.7 Å². The molecular formula is C18H25ClN2O3. The van der Waals surface area contributed by atoms with Crippen molar-refractivity contribution in [3.63, 3.8) is 0 Å². The molecule has 1 saturated heterocycles. The van der Waals surface area contributed by atoms with Gasteiger partial charge in [0.2, 0.25) is 5.91 Å². The summed E-state index contributed by atoms with van der Waals surface area (Å²) in [6.45, 7) is 4.03. The van der Waals surface area contributed by atoms with Crippen LogP contribution in [0.15, 0.2) is 18.2 Å². The molecule has 5 nitrogen and oxygen atoms in total. The van der Waals surface area contributed by atoms with Gasteiger partial charge in [0.25, 0.3) is 0 Å². The number of nitrogens with zero attached hydrogens (tertiary/aromatic N) is 1. The number of amides is 1. The van der Waals surface area contributed by atoms with Crippen LogP contribution in [0.4, 0.5) is 0 Å². The van der Waals surface area contributed by atoms with E-state index in [9.17, 15) is 4.79 Å². The Morgan fingerprint density at radius 2 is 2.08 bits per heavy atom. The van der Waals surface area contributed by atoms with Crippen LogP contribution in [0.25, 0.3) is 0 Å². The molecule has 1 amide bonds. The first-order valence-electron chi connectivity index (χ1n) is 8.59. The minimum atomic E-state index is 0. The molecule has 3 aliphatic rings. The highest BCUT2D eigenvalue weighted by Crippen LogP contribution is 2.50. The predicted molar refractivity (Wildman–Crippen MR) is 94.1 cm³/mol. The van der Waals surface area contributed by atoms with Crippen molar-refractivity contribution in [2.24, 2.45) is 11.8 Å². The number of hydrogen-bond acceptors (Lipinski definition) is 4. The van der Waals surface area contributed by atoms with Crippen LogP contribution in [0.3, 0.4) is 0 Å². The topological polar surface area (TPSA) is 50.8 Å². The number of carbonyl (C=O) groups excluding carboxylic acids is 1. The van der Waals surface area contributed by atoms with Crippen molar-refractivity contribution in [2.45, 2.75) is 18.8 Å². The van der Waals surface area contributed by atoms with Crippen LogP contribution in [0.5, 0.6) is 11.5 Å². The highest BCUT2D eigenvalue weighted by Gasteiger charge is 2.47. The molecule has 132 valence electrons. The fourth-order valence-electron chi connectivity index (χ4n) is 3.85. The monoisotopic (exact) mass is 352 g/mol. The summed E-state index contributed by atoms with van der Waals surface area (Å²) in [7, 11) is 1.98. The number of rotatable bonds is 4. The van der Waals surface area contributed by atoms with Crippen LogP contribution in [-0.2, 0) is 4.79 Å². The first-order valence-corrected chi connectivity index (χ1v) is 8.59. The summed E-state index contributed by atoms with van der Waals surface area (Å²) < 4.78 is 11.2. The smallest absolute Gasteiger partial charge is 0.226 e. The molecule has 0 bridgehead atoms. The zero-order valence-corrected chi connectivity index (χ0v) is 14.8. The lowest BCUT2D eigenvalue weighted by Crippen LogP contribution is -2.31. The van der Waals surface area contributed by atoms with Crippen LogP contribution in [0.1, 0.15) is 24.3 Å². The van der Waals surface area contributed by atoms with E-state index in [0.29, 0.717) is 31.0 Å². The molecule has 3 atom stereocenters. The molecule has 2 aliphatic heterocycles. The second-order valence-corrected chi connectivity index (χ2v) is 6.85. The SMILES string of the molecule is CNCC1CCN(C(=O)C2CC2c2ccc3c(c2)OCCO3)C1.Cl. The maximum absolute atomic E-state index is 12.7. The third kappa shape index (κ3) is 3.33. The Bertz CT molecular complexity index is 610. The van der Waals surface area contributed by atoms with Crippen molar-refractivity contribution < 1.29 is 14.3 Å². The molecule has 6 heteroatoms. The van der Waals surface area contributed by atoms with Gasteiger partial charge in [0.05, 0.1) is 0 Å². The summed E-state index contributed by atoms with van der Waals surface area (Å²) in [5, 5.41) is 3.21. The fourth-order valence-corrected chi connectivity index (χ4v) is 3.85. The number of benzene rings is 1. The van der Waals surface area contributed by atoms with E-state index in [4.69, 9.17) is 9.47 Å². The standard InChI is InChI=1S/C18H24N2O3.ClH/c1-19-10-12-4-5-20(11-12)18(21)15-9-14(15)13-2-3-16-17(8-13)23-7-6-22-16;/h2-3,8,12,14-15,19H,4-7,9-11H2,1H3;1H. The van der Waals surface area contributed by atoms with Crippen LogP contribution < -0.4 is 14.8 Å². The highest BCUT2D eigenvalue weighted by atomic mass is 35.5. The Morgan fingerprint density at radius 1 is 1.29 bits per heavy atom. The van der Waals surface area contributed by atoms with Crippen molar-refractivity contribution in [3.8, 4) is 11.5 Å². The molecule has 24 heavy (non-hydrogen) atoms. The number of nitrogens with one attached hydrogen (secondary N) is 1. The van der Waals surface area contributed by atoms with Crippen molar-refractivity contribution in [3.05, 3.63) is 23.8 Å². The van der Waals surface area contributed by atoms with E-state index in [2.05, 4.69) is 22.3 Å². The summed E-state index contributed by atoms with van der Waals surface area (Å²) in [5.74, 6) is 3.09. The predicted octanol–water partition coefficient (Wildman–Crippen LogP) is 2.05. The van der Waals surface area contributed by atoms with Gasteiger partial charge in [0, 0.05) is 19.0 Å². The maximum atomic E-state index is 12.7. The fraction of sp³-hybridized carbons (Fsp3) is 0.611. The van der Waals surface area contributed by atoms with Gasteiger partial charge in [-0.1, -0.05) is 6.07 Å². The molecule has 0 radical (unpaired) electrons. The summed E-state index contributed by atoms with van der Waals surface area (Å²) in [6.07, 6.45) is 2.08. The van der Waals surface area contributed by atoms with Gasteiger partial charge >= 0.3 is 0 Å². The van der Waals surface area contributed by atoms with E-state index >= 15 is 0 Å². The minimum Gasteiger partial charge on any atom is -0.486 e. The summed E-state index contributed by atoms with van der Waals surface area (Å²) in [4.78, 5) is 14.7. The van der Waals surface area contributed by atoms with Gasteiger partial charge in [-0.3, -0.25) is 4.79 Å². The molecule has 1 aliphatic carbocycles. The van der Waals surface area contributed by atoms with Gasteiger partial charge in [-0.05, 0) is 56.0 Å². The number of ether oxygens (including phenoxy) is 2. The van der Waals surface area contributed by atoms with Gasteiger partial charge in [-0.25, -0.2) is 0 Å². The average molecular weight is 353 g/mol. The number of fused-ring (bicyclic) bond motifs is 1.